The van der Waals surface area contributed by atoms with Gasteiger partial charge < -0.3 is 15.4 Å². The van der Waals surface area contributed by atoms with Crippen molar-refractivity contribution in [1.29, 1.82) is 0 Å². The lowest BCUT2D eigenvalue weighted by atomic mass is 10.0. The number of hydrazone groups is 1. The Hall–Kier alpha value is -4.97. The number of benzene rings is 2. The molecule has 12 nitrogen and oxygen atoms in total. The van der Waals surface area contributed by atoms with Crippen LogP contribution in [-0.4, -0.2) is 64.7 Å². The largest absolute Gasteiger partial charge is 0.483 e. The zero-order valence-corrected chi connectivity index (χ0v) is 25.1. The van der Waals surface area contributed by atoms with E-state index < -0.39 is 23.9 Å². The number of amides is 3. The Labute approximate surface area is 253 Å². The number of nitrogens with one attached hydrogen (secondary N) is 2. The number of aryl methyl sites for hydroxylation is 1. The number of hydrogen-bond acceptors (Lipinski definition) is 8. The van der Waals surface area contributed by atoms with Crippen molar-refractivity contribution in [3.05, 3.63) is 77.1 Å². The van der Waals surface area contributed by atoms with Gasteiger partial charge in [-0.25, -0.2) is 14.8 Å². The number of anilines is 3. The molecule has 13 heteroatoms. The lowest BCUT2D eigenvalue weighted by Gasteiger charge is -2.23. The minimum Gasteiger partial charge on any atom is -0.483 e. The zero-order chi connectivity index (χ0) is 30.8. The number of carbonyl (C=O) groups excluding carboxylic acids is 3. The number of methoxy groups -OCH3 is 1. The molecule has 43 heavy (non-hydrogen) atoms. The van der Waals surface area contributed by atoms with Crippen LogP contribution in [0.3, 0.4) is 0 Å². The van der Waals surface area contributed by atoms with Gasteiger partial charge >= 0.3 is 6.03 Å². The maximum absolute atomic E-state index is 13.8. The standard InChI is InChI=1S/C30H31ClN8O4/c1-17(2)33-29(41)24-25(34-28(40)22-15-23(43-5)35-39(22)27-21(31)12-9-13-32-27)18(3)14-19-16-38(36-26(19)24)30(42)37(4)20-10-7-6-8-11-20/h6-14,16-17,22H,15H2,1-5H3,(H,33,41)(H,34,40). The van der Waals surface area contributed by atoms with Crippen molar-refractivity contribution < 1.29 is 19.1 Å². The molecule has 0 saturated carbocycles. The first-order chi connectivity index (χ1) is 20.6. The minimum absolute atomic E-state index is 0.138. The van der Waals surface area contributed by atoms with Gasteiger partial charge in [-0.15, -0.1) is 5.10 Å². The summed E-state index contributed by atoms with van der Waals surface area (Å²) in [5.74, 6) is -0.288. The van der Waals surface area contributed by atoms with Crippen LogP contribution in [0.25, 0.3) is 10.9 Å². The van der Waals surface area contributed by atoms with E-state index in [4.69, 9.17) is 16.3 Å². The number of pyridine rings is 1. The van der Waals surface area contributed by atoms with Crippen LogP contribution in [0, 0.1) is 6.92 Å². The maximum Gasteiger partial charge on any atom is 0.348 e. The summed E-state index contributed by atoms with van der Waals surface area (Å²) in [5.41, 5.74) is 1.95. The van der Waals surface area contributed by atoms with Crippen molar-refractivity contribution in [1.82, 2.24) is 20.1 Å². The number of aromatic nitrogens is 3. The van der Waals surface area contributed by atoms with Gasteiger partial charge in [-0.2, -0.15) is 9.78 Å². The van der Waals surface area contributed by atoms with Crippen LogP contribution in [-0.2, 0) is 9.53 Å². The molecule has 0 saturated heterocycles. The van der Waals surface area contributed by atoms with Gasteiger partial charge in [-0.3, -0.25) is 14.5 Å². The Morgan fingerprint density at radius 2 is 1.88 bits per heavy atom. The summed E-state index contributed by atoms with van der Waals surface area (Å²) < 4.78 is 6.53. The average molecular weight is 603 g/mol. The molecule has 1 atom stereocenters. The van der Waals surface area contributed by atoms with E-state index in [-0.39, 0.29) is 29.2 Å². The minimum atomic E-state index is -0.864. The number of para-hydroxylation sites is 1. The molecule has 1 aliphatic rings. The highest BCUT2D eigenvalue weighted by atomic mass is 35.5. The summed E-state index contributed by atoms with van der Waals surface area (Å²) in [5, 5.41) is 17.0. The van der Waals surface area contributed by atoms with Crippen LogP contribution in [0.1, 0.15) is 36.2 Å². The Kier molecular flexibility index (Phi) is 8.31. The molecule has 1 aliphatic heterocycles. The quantitative estimate of drug-likeness (QED) is 0.323. The molecule has 0 radical (unpaired) electrons. The second kappa shape index (κ2) is 12.1. The third-order valence-electron chi connectivity index (χ3n) is 6.89. The van der Waals surface area contributed by atoms with Gasteiger partial charge in [-0.1, -0.05) is 29.8 Å². The summed E-state index contributed by atoms with van der Waals surface area (Å²) in [6.45, 7) is 5.43. The van der Waals surface area contributed by atoms with E-state index in [1.165, 1.54) is 21.7 Å². The molecule has 3 heterocycles. The van der Waals surface area contributed by atoms with E-state index in [1.54, 1.807) is 44.6 Å². The first-order valence-electron chi connectivity index (χ1n) is 13.6. The fourth-order valence-electron chi connectivity index (χ4n) is 4.80. The van der Waals surface area contributed by atoms with Gasteiger partial charge in [-0.05, 0) is 56.7 Å². The highest BCUT2D eigenvalue weighted by molar-refractivity contribution is 6.33. The predicted molar refractivity (Wildman–Crippen MR) is 166 cm³/mol. The smallest absolute Gasteiger partial charge is 0.348 e. The SMILES string of the molecule is COC1=NN(c2ncccc2Cl)C(C(=O)Nc2c(C)cc3cn(C(=O)N(C)c4ccccc4)nc3c2C(=O)NC(C)C)C1. The normalized spacial score (nSPS) is 14.5. The summed E-state index contributed by atoms with van der Waals surface area (Å²) in [7, 11) is 3.11. The number of ether oxygens (including phenoxy) is 1. The van der Waals surface area contributed by atoms with Crippen LogP contribution < -0.4 is 20.5 Å². The number of nitrogens with zero attached hydrogens (tertiary/aromatic N) is 6. The second-order valence-electron chi connectivity index (χ2n) is 10.3. The summed E-state index contributed by atoms with van der Waals surface area (Å²) >= 11 is 6.38. The summed E-state index contributed by atoms with van der Waals surface area (Å²) in [4.78, 5) is 46.6. The summed E-state index contributed by atoms with van der Waals surface area (Å²) in [6.07, 6.45) is 3.27. The fraction of sp³-hybridized carbons (Fsp3) is 0.267. The van der Waals surface area contributed by atoms with Crippen LogP contribution >= 0.6 is 11.6 Å². The molecular formula is C30H31ClN8O4. The van der Waals surface area contributed by atoms with E-state index in [0.29, 0.717) is 33.4 Å². The number of rotatable bonds is 6. The van der Waals surface area contributed by atoms with E-state index in [2.05, 4.69) is 25.8 Å². The van der Waals surface area contributed by atoms with Crippen molar-refractivity contribution in [3.63, 3.8) is 0 Å². The Morgan fingerprint density at radius 1 is 1.14 bits per heavy atom. The molecule has 4 aromatic rings. The van der Waals surface area contributed by atoms with Gasteiger partial charge in [0.05, 0.1) is 29.8 Å². The van der Waals surface area contributed by atoms with E-state index in [1.807, 2.05) is 44.2 Å². The van der Waals surface area contributed by atoms with Crippen molar-refractivity contribution in [2.45, 2.75) is 39.3 Å². The Morgan fingerprint density at radius 3 is 2.56 bits per heavy atom. The molecule has 0 spiro atoms. The molecule has 3 amide bonds. The van der Waals surface area contributed by atoms with Gasteiger partial charge in [0.1, 0.15) is 11.6 Å². The molecular weight excluding hydrogens is 572 g/mol. The first kappa shape index (κ1) is 29.5. The molecule has 2 aromatic heterocycles. The van der Waals surface area contributed by atoms with E-state index in [0.717, 1.165) is 0 Å². The Balaban J connectivity index is 1.55. The lowest BCUT2D eigenvalue weighted by Crippen LogP contribution is -2.40. The third kappa shape index (κ3) is 5.86. The first-order valence-corrected chi connectivity index (χ1v) is 14.0. The van der Waals surface area contributed by atoms with Crippen LogP contribution in [0.15, 0.2) is 66.0 Å². The number of fused-ring (bicyclic) bond motifs is 1. The molecule has 0 bridgehead atoms. The summed E-state index contributed by atoms with van der Waals surface area (Å²) in [6, 6.07) is 12.8. The second-order valence-corrected chi connectivity index (χ2v) is 10.7. The van der Waals surface area contributed by atoms with Gasteiger partial charge in [0.2, 0.25) is 11.8 Å². The zero-order valence-electron chi connectivity index (χ0n) is 24.3. The van der Waals surface area contributed by atoms with Crippen molar-refractivity contribution >= 4 is 63.4 Å². The Bertz CT molecular complexity index is 1740. The highest BCUT2D eigenvalue weighted by Gasteiger charge is 2.37. The third-order valence-corrected chi connectivity index (χ3v) is 7.19. The molecule has 0 fully saturated rings. The van der Waals surface area contributed by atoms with Crippen LogP contribution in [0.5, 0.6) is 0 Å². The van der Waals surface area contributed by atoms with Crippen molar-refractivity contribution in [2.75, 3.05) is 29.4 Å². The van der Waals surface area contributed by atoms with Crippen LogP contribution in [0.2, 0.25) is 5.02 Å². The average Bonchev–Trinajstić information content (AvgIpc) is 3.61. The van der Waals surface area contributed by atoms with Crippen molar-refractivity contribution in [2.24, 2.45) is 5.10 Å². The molecule has 2 N–H and O–H groups in total. The van der Waals surface area contributed by atoms with Crippen molar-refractivity contribution in [3.8, 4) is 0 Å². The highest BCUT2D eigenvalue weighted by Crippen LogP contribution is 2.33. The van der Waals surface area contributed by atoms with Gasteiger partial charge in [0.25, 0.3) is 5.91 Å². The fourth-order valence-corrected chi connectivity index (χ4v) is 5.00. The topological polar surface area (TPSA) is 134 Å². The molecule has 222 valence electrons. The molecule has 5 rings (SSSR count). The van der Waals surface area contributed by atoms with E-state index in [9.17, 15) is 14.4 Å². The number of halogens is 1. The predicted octanol–water partition coefficient (Wildman–Crippen LogP) is 4.81. The van der Waals surface area contributed by atoms with Gasteiger partial charge in [0.15, 0.2) is 5.82 Å². The lowest BCUT2D eigenvalue weighted by molar-refractivity contribution is -0.117. The number of carbonyl (C=O) groups is 3. The van der Waals surface area contributed by atoms with Gasteiger partial charge in [0, 0.05) is 36.6 Å². The molecule has 0 aliphatic carbocycles. The maximum atomic E-state index is 13.8. The van der Waals surface area contributed by atoms with E-state index >= 15 is 0 Å². The number of hydrogen-bond donors (Lipinski definition) is 2. The molecule has 1 unspecified atom stereocenters. The molecule has 2 aromatic carbocycles. The van der Waals surface area contributed by atoms with Crippen LogP contribution in [0.4, 0.5) is 22.0 Å². The monoisotopic (exact) mass is 602 g/mol.